The van der Waals surface area contributed by atoms with Gasteiger partial charge in [0.1, 0.15) is 11.3 Å². The van der Waals surface area contributed by atoms with Crippen molar-refractivity contribution in [2.75, 3.05) is 10.6 Å². The van der Waals surface area contributed by atoms with Gasteiger partial charge >= 0.3 is 0 Å². The van der Waals surface area contributed by atoms with E-state index in [0.717, 1.165) is 5.56 Å². The third-order valence-corrected chi connectivity index (χ3v) is 7.46. The lowest BCUT2D eigenvalue weighted by Crippen LogP contribution is -2.35. The number of benzene rings is 4. The van der Waals surface area contributed by atoms with Gasteiger partial charge in [-0.3, -0.25) is 14.4 Å². The molecule has 7 nitrogen and oxygen atoms in total. The molecular weight excluding hydrogens is 538 g/mol. The lowest BCUT2D eigenvalue weighted by Gasteiger charge is -2.31. The molecule has 1 aromatic heterocycles. The second kappa shape index (κ2) is 11.7. The van der Waals surface area contributed by atoms with Crippen LogP contribution >= 0.6 is 0 Å². The molecule has 6 rings (SSSR count). The summed E-state index contributed by atoms with van der Waals surface area (Å²) >= 11 is 0. The lowest BCUT2D eigenvalue weighted by atomic mass is 9.79. The highest BCUT2D eigenvalue weighted by Gasteiger charge is 2.37. The summed E-state index contributed by atoms with van der Waals surface area (Å²) in [6.45, 7) is 3.62. The number of carbonyl (C=O) groups excluding carboxylic acids is 2. The molecule has 7 heteroatoms. The van der Waals surface area contributed by atoms with Crippen molar-refractivity contribution >= 4 is 34.2 Å². The van der Waals surface area contributed by atoms with Gasteiger partial charge in [0.2, 0.25) is 0 Å². The number of fused-ring (bicyclic) bond motifs is 1. The summed E-state index contributed by atoms with van der Waals surface area (Å²) in [7, 11) is 0. The van der Waals surface area contributed by atoms with E-state index in [9.17, 15) is 14.4 Å². The highest BCUT2D eigenvalue weighted by Crippen LogP contribution is 2.40. The summed E-state index contributed by atoms with van der Waals surface area (Å²) in [6, 6.07) is 34.4. The molecule has 0 saturated heterocycles. The molecular formula is C36H29N3O4. The Bertz CT molecular complexity index is 1890. The van der Waals surface area contributed by atoms with Crippen LogP contribution in [-0.2, 0) is 9.59 Å². The molecule has 3 N–H and O–H groups in total. The van der Waals surface area contributed by atoms with Gasteiger partial charge in [-0.2, -0.15) is 0 Å². The van der Waals surface area contributed by atoms with Gasteiger partial charge in [0.15, 0.2) is 5.43 Å². The van der Waals surface area contributed by atoms with Crippen LogP contribution in [0.15, 0.2) is 147 Å². The van der Waals surface area contributed by atoms with Gasteiger partial charge in [0.05, 0.1) is 5.39 Å². The minimum Gasteiger partial charge on any atom is -0.456 e. The summed E-state index contributed by atoms with van der Waals surface area (Å²) in [5, 5.41) is 9.54. The number of para-hydroxylation sites is 2. The summed E-state index contributed by atoms with van der Waals surface area (Å²) in [6.07, 6.45) is 0. The maximum absolute atomic E-state index is 13.9. The number of amides is 2. The number of allylic oxidation sites excluding steroid dienone is 2. The summed E-state index contributed by atoms with van der Waals surface area (Å²) in [5.41, 5.74) is 4.82. The average Bonchev–Trinajstić information content (AvgIpc) is 3.01. The minimum absolute atomic E-state index is 0.220. The summed E-state index contributed by atoms with van der Waals surface area (Å²) < 4.78 is 6.12. The predicted molar refractivity (Wildman–Crippen MR) is 169 cm³/mol. The molecule has 0 fully saturated rings. The number of carbonyl (C=O) groups is 2. The maximum Gasteiger partial charge on any atom is 0.254 e. The van der Waals surface area contributed by atoms with Crippen molar-refractivity contribution in [3.05, 3.63) is 154 Å². The normalized spacial score (nSPS) is 13.5. The standard InChI is InChI=1S/C36H29N3O4/c1-22-32(35(41)38-26-14-8-4-9-15-26)34(33(23(2)37-22)36(42)39-27-16-10-5-11-17-27)25-18-19-30-28(20-25)29(40)21-31(43-30)24-12-6-3-7-13-24/h3-21,34,37H,1-2H3,(H,38,41)(H,39,42). The molecule has 0 radical (unpaired) electrons. The van der Waals surface area contributed by atoms with Crippen LogP contribution in [0.1, 0.15) is 25.3 Å². The molecule has 1 aliphatic heterocycles. The van der Waals surface area contributed by atoms with Gasteiger partial charge in [-0.25, -0.2) is 0 Å². The van der Waals surface area contributed by atoms with Gasteiger partial charge in [0, 0.05) is 51.5 Å². The fraction of sp³-hybridized carbons (Fsp3) is 0.0833. The molecule has 212 valence electrons. The molecule has 4 aromatic carbocycles. The number of nitrogens with one attached hydrogen (secondary N) is 3. The number of dihydropyridines is 1. The molecule has 0 bridgehead atoms. The van der Waals surface area contributed by atoms with E-state index in [2.05, 4.69) is 16.0 Å². The van der Waals surface area contributed by atoms with Crippen LogP contribution in [0.5, 0.6) is 0 Å². The van der Waals surface area contributed by atoms with E-state index < -0.39 is 5.92 Å². The Morgan fingerprint density at radius 1 is 0.674 bits per heavy atom. The van der Waals surface area contributed by atoms with E-state index in [0.29, 0.717) is 56.2 Å². The molecule has 0 unspecified atom stereocenters. The lowest BCUT2D eigenvalue weighted by molar-refractivity contribution is -0.113. The first-order valence-corrected chi connectivity index (χ1v) is 13.9. The fourth-order valence-corrected chi connectivity index (χ4v) is 5.47. The Morgan fingerprint density at radius 2 is 1.19 bits per heavy atom. The van der Waals surface area contributed by atoms with E-state index in [4.69, 9.17) is 4.42 Å². The van der Waals surface area contributed by atoms with Crippen molar-refractivity contribution < 1.29 is 14.0 Å². The Morgan fingerprint density at radius 3 is 1.72 bits per heavy atom. The monoisotopic (exact) mass is 567 g/mol. The van der Waals surface area contributed by atoms with Crippen LogP contribution in [0.2, 0.25) is 0 Å². The Labute approximate surface area is 248 Å². The van der Waals surface area contributed by atoms with Gasteiger partial charge in [-0.1, -0.05) is 72.8 Å². The highest BCUT2D eigenvalue weighted by atomic mass is 16.3. The Hall–Kier alpha value is -5.69. The van der Waals surface area contributed by atoms with Gasteiger partial charge < -0.3 is 20.4 Å². The van der Waals surface area contributed by atoms with Crippen LogP contribution in [-0.4, -0.2) is 11.8 Å². The van der Waals surface area contributed by atoms with Crippen molar-refractivity contribution in [2.45, 2.75) is 19.8 Å². The molecule has 2 amide bonds. The number of hydrogen-bond acceptors (Lipinski definition) is 5. The van der Waals surface area contributed by atoms with Crippen LogP contribution in [0, 0.1) is 0 Å². The third-order valence-electron chi connectivity index (χ3n) is 7.46. The van der Waals surface area contributed by atoms with E-state index in [1.165, 1.54) is 6.07 Å². The van der Waals surface area contributed by atoms with Gasteiger partial charge in [-0.05, 0) is 55.8 Å². The second-order valence-corrected chi connectivity index (χ2v) is 10.4. The van der Waals surface area contributed by atoms with Crippen LogP contribution in [0.4, 0.5) is 11.4 Å². The molecule has 43 heavy (non-hydrogen) atoms. The number of rotatable bonds is 6. The van der Waals surface area contributed by atoms with Crippen molar-refractivity contribution in [3.63, 3.8) is 0 Å². The zero-order valence-corrected chi connectivity index (χ0v) is 23.7. The number of hydrogen-bond donors (Lipinski definition) is 3. The molecule has 0 aliphatic carbocycles. The van der Waals surface area contributed by atoms with Crippen molar-refractivity contribution in [3.8, 4) is 11.3 Å². The highest BCUT2D eigenvalue weighted by molar-refractivity contribution is 6.12. The Balaban J connectivity index is 1.47. The predicted octanol–water partition coefficient (Wildman–Crippen LogP) is 6.97. The molecule has 0 saturated carbocycles. The number of anilines is 2. The zero-order chi connectivity index (χ0) is 29.9. The quantitative estimate of drug-likeness (QED) is 0.206. The molecule has 2 heterocycles. The average molecular weight is 568 g/mol. The summed E-state index contributed by atoms with van der Waals surface area (Å²) in [4.78, 5) is 41.2. The minimum atomic E-state index is -0.772. The van der Waals surface area contributed by atoms with E-state index in [1.807, 2.05) is 86.6 Å². The topological polar surface area (TPSA) is 100 Å². The third kappa shape index (κ3) is 5.61. The smallest absolute Gasteiger partial charge is 0.254 e. The largest absolute Gasteiger partial charge is 0.456 e. The van der Waals surface area contributed by atoms with Gasteiger partial charge in [-0.15, -0.1) is 0 Å². The first-order valence-electron chi connectivity index (χ1n) is 13.9. The summed E-state index contributed by atoms with van der Waals surface area (Å²) in [5.74, 6) is -1.02. The molecule has 1 aliphatic rings. The van der Waals surface area contributed by atoms with Crippen LogP contribution in [0.3, 0.4) is 0 Å². The van der Waals surface area contributed by atoms with Crippen molar-refractivity contribution in [1.82, 2.24) is 5.32 Å². The molecule has 0 spiro atoms. The maximum atomic E-state index is 13.9. The van der Waals surface area contributed by atoms with Crippen LogP contribution in [0.25, 0.3) is 22.3 Å². The Kier molecular flexibility index (Phi) is 7.45. The van der Waals surface area contributed by atoms with Crippen molar-refractivity contribution in [2.24, 2.45) is 0 Å². The van der Waals surface area contributed by atoms with Crippen molar-refractivity contribution in [1.29, 1.82) is 0 Å². The van der Waals surface area contributed by atoms with E-state index in [-0.39, 0.29) is 17.2 Å². The zero-order valence-electron chi connectivity index (χ0n) is 23.7. The fourth-order valence-electron chi connectivity index (χ4n) is 5.47. The SMILES string of the molecule is CC1=C(C(=O)Nc2ccccc2)C(c2ccc3oc(-c4ccccc4)cc(=O)c3c2)C(C(=O)Nc2ccccc2)=C(C)N1. The molecule has 0 atom stereocenters. The van der Waals surface area contributed by atoms with Gasteiger partial charge in [0.25, 0.3) is 11.8 Å². The van der Waals surface area contributed by atoms with E-state index in [1.54, 1.807) is 36.4 Å². The first kappa shape index (κ1) is 27.5. The second-order valence-electron chi connectivity index (χ2n) is 10.4. The molecule has 5 aromatic rings. The van der Waals surface area contributed by atoms with E-state index >= 15 is 0 Å². The van der Waals surface area contributed by atoms with Crippen LogP contribution < -0.4 is 21.4 Å². The first-order chi connectivity index (χ1) is 20.9.